The molecule has 1 aromatic rings. The van der Waals surface area contributed by atoms with Crippen LogP contribution >= 0.6 is 0 Å². The van der Waals surface area contributed by atoms with Gasteiger partial charge >= 0.3 is 0 Å². The minimum atomic E-state index is 0.236. The van der Waals surface area contributed by atoms with E-state index in [0.717, 1.165) is 50.6 Å². The van der Waals surface area contributed by atoms with Crippen molar-refractivity contribution in [2.45, 2.75) is 31.7 Å². The van der Waals surface area contributed by atoms with E-state index in [-0.39, 0.29) is 6.04 Å². The molecule has 0 aromatic heterocycles. The third kappa shape index (κ3) is 4.00. The van der Waals surface area contributed by atoms with Crippen molar-refractivity contribution >= 4 is 0 Å². The highest BCUT2D eigenvalue weighted by Crippen LogP contribution is 2.21. The van der Waals surface area contributed by atoms with Gasteiger partial charge in [-0.15, -0.1) is 0 Å². The summed E-state index contributed by atoms with van der Waals surface area (Å²) < 4.78 is 10.6. The molecule has 2 rings (SSSR count). The predicted molar refractivity (Wildman–Crippen MR) is 72.8 cm³/mol. The van der Waals surface area contributed by atoms with Gasteiger partial charge in [-0.1, -0.05) is 12.1 Å². The van der Waals surface area contributed by atoms with E-state index in [9.17, 15) is 0 Å². The van der Waals surface area contributed by atoms with E-state index in [0.29, 0.717) is 0 Å². The fraction of sp³-hybridized carbons (Fsp3) is 0.600. The van der Waals surface area contributed by atoms with Gasteiger partial charge in [0.05, 0.1) is 7.11 Å². The molecule has 3 heteroatoms. The Bertz CT molecular complexity index is 361. The molecule has 0 radical (unpaired) electrons. The zero-order valence-electron chi connectivity index (χ0n) is 11.1. The number of benzene rings is 1. The molecular formula is C15H23NO2. The van der Waals surface area contributed by atoms with Gasteiger partial charge in [-0.2, -0.15) is 0 Å². The highest BCUT2D eigenvalue weighted by molar-refractivity contribution is 5.28. The van der Waals surface area contributed by atoms with E-state index in [4.69, 9.17) is 15.2 Å². The first-order chi connectivity index (χ1) is 8.78. The highest BCUT2D eigenvalue weighted by atomic mass is 16.5. The van der Waals surface area contributed by atoms with Crippen molar-refractivity contribution in [2.24, 2.45) is 11.7 Å². The first-order valence-electron chi connectivity index (χ1n) is 6.74. The number of nitrogens with two attached hydrogens (primary N) is 1. The van der Waals surface area contributed by atoms with Gasteiger partial charge in [-0.3, -0.25) is 0 Å². The second-order valence-electron chi connectivity index (χ2n) is 5.11. The maximum Gasteiger partial charge on any atom is 0.119 e. The summed E-state index contributed by atoms with van der Waals surface area (Å²) in [7, 11) is 1.70. The number of hydrogen-bond acceptors (Lipinski definition) is 3. The van der Waals surface area contributed by atoms with Crippen molar-refractivity contribution < 1.29 is 9.47 Å². The van der Waals surface area contributed by atoms with Gasteiger partial charge in [-0.05, 0) is 49.3 Å². The molecule has 0 saturated carbocycles. The largest absolute Gasteiger partial charge is 0.497 e. The summed E-state index contributed by atoms with van der Waals surface area (Å²) in [6, 6.07) is 8.42. The van der Waals surface area contributed by atoms with Gasteiger partial charge in [0, 0.05) is 19.3 Å². The summed E-state index contributed by atoms with van der Waals surface area (Å²) >= 11 is 0. The van der Waals surface area contributed by atoms with Gasteiger partial charge in [0.15, 0.2) is 0 Å². The van der Waals surface area contributed by atoms with Crippen molar-refractivity contribution in [3.8, 4) is 5.75 Å². The number of methoxy groups -OCH3 is 1. The van der Waals surface area contributed by atoms with Crippen LogP contribution in [0.25, 0.3) is 0 Å². The van der Waals surface area contributed by atoms with Crippen LogP contribution in [-0.2, 0) is 11.2 Å². The molecule has 1 atom stereocenters. The Hall–Kier alpha value is -1.06. The van der Waals surface area contributed by atoms with Gasteiger partial charge in [0.2, 0.25) is 0 Å². The van der Waals surface area contributed by atoms with E-state index < -0.39 is 0 Å². The lowest BCUT2D eigenvalue weighted by atomic mass is 9.90. The summed E-state index contributed by atoms with van der Waals surface area (Å²) in [5.41, 5.74) is 7.50. The molecule has 1 fully saturated rings. The van der Waals surface area contributed by atoms with Gasteiger partial charge in [0.25, 0.3) is 0 Å². The van der Waals surface area contributed by atoms with Crippen LogP contribution < -0.4 is 10.5 Å². The van der Waals surface area contributed by atoms with Crippen molar-refractivity contribution in [1.29, 1.82) is 0 Å². The first-order valence-corrected chi connectivity index (χ1v) is 6.74. The average molecular weight is 249 g/mol. The molecule has 100 valence electrons. The number of rotatable bonds is 5. The summed E-state index contributed by atoms with van der Waals surface area (Å²) in [4.78, 5) is 0. The van der Waals surface area contributed by atoms with Crippen LogP contribution in [0.15, 0.2) is 24.3 Å². The third-order valence-corrected chi connectivity index (χ3v) is 3.61. The second-order valence-corrected chi connectivity index (χ2v) is 5.11. The minimum absolute atomic E-state index is 0.236. The summed E-state index contributed by atoms with van der Waals surface area (Å²) in [6.45, 7) is 1.80. The lowest BCUT2D eigenvalue weighted by Gasteiger charge is -2.24. The van der Waals surface area contributed by atoms with Gasteiger partial charge in [-0.25, -0.2) is 0 Å². The Morgan fingerprint density at radius 2 is 2.17 bits per heavy atom. The molecule has 2 N–H and O–H groups in total. The first kappa shape index (κ1) is 13.4. The van der Waals surface area contributed by atoms with Crippen molar-refractivity contribution in [1.82, 2.24) is 0 Å². The molecule has 3 nitrogen and oxygen atoms in total. The molecule has 0 aliphatic carbocycles. The minimum Gasteiger partial charge on any atom is -0.497 e. The van der Waals surface area contributed by atoms with Crippen molar-refractivity contribution in [3.63, 3.8) is 0 Å². The fourth-order valence-corrected chi connectivity index (χ4v) is 2.60. The molecule has 1 aliphatic rings. The fourth-order valence-electron chi connectivity index (χ4n) is 2.60. The van der Waals surface area contributed by atoms with E-state index in [1.54, 1.807) is 7.11 Å². The molecular weight excluding hydrogens is 226 g/mol. The molecule has 1 aliphatic heterocycles. The van der Waals surface area contributed by atoms with E-state index in [2.05, 4.69) is 12.1 Å². The summed E-state index contributed by atoms with van der Waals surface area (Å²) in [5, 5.41) is 0. The lowest BCUT2D eigenvalue weighted by molar-refractivity contribution is 0.0619. The normalized spacial score (nSPS) is 18.6. The Morgan fingerprint density at radius 3 is 2.89 bits per heavy atom. The summed E-state index contributed by atoms with van der Waals surface area (Å²) in [5.74, 6) is 1.64. The Morgan fingerprint density at radius 1 is 1.39 bits per heavy atom. The highest BCUT2D eigenvalue weighted by Gasteiger charge is 2.17. The van der Waals surface area contributed by atoms with Crippen molar-refractivity contribution in [3.05, 3.63) is 29.8 Å². The smallest absolute Gasteiger partial charge is 0.119 e. The van der Waals surface area contributed by atoms with E-state index in [1.165, 1.54) is 5.56 Å². The molecule has 18 heavy (non-hydrogen) atoms. The molecule has 1 aromatic carbocycles. The predicted octanol–water partition coefficient (Wildman–Crippen LogP) is 2.38. The number of hydrogen-bond donors (Lipinski definition) is 1. The maximum atomic E-state index is 6.25. The molecule has 1 heterocycles. The van der Waals surface area contributed by atoms with Crippen LogP contribution in [0.2, 0.25) is 0 Å². The maximum absolute atomic E-state index is 6.25. The summed E-state index contributed by atoms with van der Waals surface area (Å²) in [6.07, 6.45) is 4.34. The monoisotopic (exact) mass is 249 g/mol. The van der Waals surface area contributed by atoms with Crippen LogP contribution in [0.1, 0.15) is 24.8 Å². The van der Waals surface area contributed by atoms with E-state index >= 15 is 0 Å². The number of ether oxygens (including phenoxy) is 2. The SMILES string of the molecule is COc1cccc(CC(N)CC2CCOCC2)c1. The van der Waals surface area contributed by atoms with E-state index in [1.807, 2.05) is 12.1 Å². The molecule has 1 saturated heterocycles. The van der Waals surface area contributed by atoms with Crippen LogP contribution in [0, 0.1) is 5.92 Å². The zero-order valence-corrected chi connectivity index (χ0v) is 11.1. The van der Waals surface area contributed by atoms with Gasteiger partial charge in [0.1, 0.15) is 5.75 Å². The molecule has 0 spiro atoms. The Kier molecular flexibility index (Phi) is 5.02. The molecule has 0 amide bonds. The standard InChI is InChI=1S/C15H23NO2/c1-17-15-4-2-3-13(11-15)10-14(16)9-12-5-7-18-8-6-12/h2-4,11-12,14H,5-10,16H2,1H3. The van der Waals surface area contributed by atoms with Crippen LogP contribution in [-0.4, -0.2) is 26.4 Å². The molecule has 1 unspecified atom stereocenters. The average Bonchev–Trinajstić information content (AvgIpc) is 2.40. The Labute approximate surface area is 109 Å². The van der Waals surface area contributed by atoms with Crippen LogP contribution in [0.5, 0.6) is 5.75 Å². The second kappa shape index (κ2) is 6.76. The molecule has 0 bridgehead atoms. The van der Waals surface area contributed by atoms with Crippen LogP contribution in [0.3, 0.4) is 0 Å². The zero-order chi connectivity index (χ0) is 12.8. The van der Waals surface area contributed by atoms with Crippen molar-refractivity contribution in [2.75, 3.05) is 20.3 Å². The lowest BCUT2D eigenvalue weighted by Crippen LogP contribution is -2.28. The third-order valence-electron chi connectivity index (χ3n) is 3.61. The van der Waals surface area contributed by atoms with Gasteiger partial charge < -0.3 is 15.2 Å². The van der Waals surface area contributed by atoms with Crippen LogP contribution in [0.4, 0.5) is 0 Å². The quantitative estimate of drug-likeness (QED) is 0.871. The topological polar surface area (TPSA) is 44.5 Å². The Balaban J connectivity index is 1.83.